The number of nitrogens with one attached hydrogen (secondary N) is 2. The average Bonchev–Trinajstić information content (AvgIpc) is 2.70. The summed E-state index contributed by atoms with van der Waals surface area (Å²) in [7, 11) is 0. The predicted molar refractivity (Wildman–Crippen MR) is 107 cm³/mol. The van der Waals surface area contributed by atoms with Crippen molar-refractivity contribution in [1.29, 1.82) is 0 Å². The van der Waals surface area contributed by atoms with Crippen LogP contribution >= 0.6 is 0 Å². The molecule has 0 saturated heterocycles. The summed E-state index contributed by atoms with van der Waals surface area (Å²) in [5.41, 5.74) is 4.07. The van der Waals surface area contributed by atoms with Gasteiger partial charge in [-0.3, -0.25) is 14.6 Å². The van der Waals surface area contributed by atoms with Crippen LogP contribution in [0.15, 0.2) is 66.9 Å². The van der Waals surface area contributed by atoms with E-state index in [4.69, 9.17) is 0 Å². The summed E-state index contributed by atoms with van der Waals surface area (Å²) in [4.78, 5) is 29.2. The Morgan fingerprint density at radius 3 is 2.30 bits per heavy atom. The Balaban J connectivity index is 1.77. The van der Waals surface area contributed by atoms with Gasteiger partial charge in [-0.1, -0.05) is 43.3 Å². The number of pyridine rings is 1. The maximum absolute atomic E-state index is 12.6. The van der Waals surface area contributed by atoms with E-state index in [-0.39, 0.29) is 17.5 Å². The third-order valence-electron chi connectivity index (χ3n) is 4.29. The normalized spacial score (nSPS) is 10.3. The summed E-state index contributed by atoms with van der Waals surface area (Å²) in [6.45, 7) is 3.95. The van der Waals surface area contributed by atoms with Crippen molar-refractivity contribution in [2.24, 2.45) is 0 Å². The van der Waals surface area contributed by atoms with E-state index in [0.717, 1.165) is 28.9 Å². The summed E-state index contributed by atoms with van der Waals surface area (Å²) >= 11 is 0. The molecule has 2 N–H and O–H groups in total. The van der Waals surface area contributed by atoms with Crippen LogP contribution in [-0.4, -0.2) is 16.8 Å². The number of anilines is 2. The van der Waals surface area contributed by atoms with Crippen molar-refractivity contribution in [2.75, 3.05) is 10.6 Å². The molecule has 5 heteroatoms. The van der Waals surface area contributed by atoms with Gasteiger partial charge >= 0.3 is 0 Å². The Bertz CT molecular complexity index is 983. The molecule has 2 aromatic carbocycles. The fraction of sp³-hybridized carbons (Fsp3) is 0.136. The van der Waals surface area contributed by atoms with Crippen LogP contribution in [0.4, 0.5) is 11.4 Å². The van der Waals surface area contributed by atoms with E-state index in [1.54, 1.807) is 6.07 Å². The lowest BCUT2D eigenvalue weighted by Crippen LogP contribution is -2.17. The molecule has 27 heavy (non-hydrogen) atoms. The van der Waals surface area contributed by atoms with Gasteiger partial charge in [-0.2, -0.15) is 0 Å². The fourth-order valence-corrected chi connectivity index (χ4v) is 2.74. The van der Waals surface area contributed by atoms with Crippen molar-refractivity contribution in [2.45, 2.75) is 20.3 Å². The van der Waals surface area contributed by atoms with Crippen molar-refractivity contribution in [3.8, 4) is 0 Å². The van der Waals surface area contributed by atoms with Crippen LogP contribution in [0.3, 0.4) is 0 Å². The molecule has 0 unspecified atom stereocenters. The number of aryl methyl sites for hydroxylation is 2. The molecule has 0 atom stereocenters. The highest BCUT2D eigenvalue weighted by molar-refractivity contribution is 6.08. The molecule has 0 spiro atoms. The molecule has 3 rings (SSSR count). The zero-order chi connectivity index (χ0) is 19.2. The van der Waals surface area contributed by atoms with E-state index < -0.39 is 0 Å². The standard InChI is InChI=1S/C22H21N3O2/c1-3-16-9-5-7-11-19(16)25-21(26)17-12-13-23-20(14-17)22(27)24-18-10-6-4-8-15(18)2/h4-14H,3H2,1-2H3,(H,24,27)(H,25,26). The Labute approximate surface area is 158 Å². The van der Waals surface area contributed by atoms with Gasteiger partial charge in [-0.15, -0.1) is 0 Å². The Hall–Kier alpha value is -3.47. The molecule has 3 aromatic rings. The second kappa shape index (κ2) is 8.27. The number of aromatic nitrogens is 1. The second-order valence-corrected chi connectivity index (χ2v) is 6.16. The van der Waals surface area contributed by atoms with Crippen molar-refractivity contribution < 1.29 is 9.59 Å². The third kappa shape index (κ3) is 4.39. The number of hydrogen-bond acceptors (Lipinski definition) is 3. The fourth-order valence-electron chi connectivity index (χ4n) is 2.74. The maximum Gasteiger partial charge on any atom is 0.274 e. The zero-order valence-electron chi connectivity index (χ0n) is 15.3. The van der Waals surface area contributed by atoms with Gasteiger partial charge in [0.25, 0.3) is 11.8 Å². The molecule has 0 saturated carbocycles. The maximum atomic E-state index is 12.6. The molecule has 0 aliphatic carbocycles. The second-order valence-electron chi connectivity index (χ2n) is 6.16. The molecule has 136 valence electrons. The Kier molecular flexibility index (Phi) is 5.61. The van der Waals surface area contributed by atoms with Crippen molar-refractivity contribution >= 4 is 23.2 Å². The van der Waals surface area contributed by atoms with Crippen LogP contribution < -0.4 is 10.6 Å². The Morgan fingerprint density at radius 1 is 0.889 bits per heavy atom. The number of amides is 2. The first-order valence-electron chi connectivity index (χ1n) is 8.80. The monoisotopic (exact) mass is 359 g/mol. The van der Waals surface area contributed by atoms with Gasteiger partial charge in [0.2, 0.25) is 0 Å². The van der Waals surface area contributed by atoms with Crippen LogP contribution in [0, 0.1) is 6.92 Å². The van der Waals surface area contributed by atoms with Crippen LogP contribution in [0.5, 0.6) is 0 Å². The molecular formula is C22H21N3O2. The van der Waals surface area contributed by atoms with Gasteiger partial charge in [0.05, 0.1) is 0 Å². The minimum absolute atomic E-state index is 0.190. The molecule has 0 fully saturated rings. The molecule has 0 radical (unpaired) electrons. The van der Waals surface area contributed by atoms with Crippen LogP contribution in [0.2, 0.25) is 0 Å². The highest BCUT2D eigenvalue weighted by atomic mass is 16.2. The Morgan fingerprint density at radius 2 is 1.56 bits per heavy atom. The van der Waals surface area contributed by atoms with Gasteiger partial charge in [0, 0.05) is 23.1 Å². The summed E-state index contributed by atoms with van der Waals surface area (Å²) in [5, 5.41) is 5.73. The number of benzene rings is 2. The zero-order valence-corrected chi connectivity index (χ0v) is 15.3. The topological polar surface area (TPSA) is 71.1 Å². The van der Waals surface area contributed by atoms with E-state index >= 15 is 0 Å². The number of nitrogens with zero attached hydrogens (tertiary/aromatic N) is 1. The number of hydrogen-bond donors (Lipinski definition) is 2. The van der Waals surface area contributed by atoms with Crippen LogP contribution in [0.1, 0.15) is 38.9 Å². The number of para-hydroxylation sites is 2. The van der Waals surface area contributed by atoms with Crippen molar-refractivity contribution in [3.63, 3.8) is 0 Å². The smallest absolute Gasteiger partial charge is 0.274 e. The van der Waals surface area contributed by atoms with Gasteiger partial charge in [-0.05, 0) is 48.7 Å². The number of rotatable bonds is 5. The van der Waals surface area contributed by atoms with E-state index in [1.165, 1.54) is 12.3 Å². The predicted octanol–water partition coefficient (Wildman–Crippen LogP) is 4.46. The van der Waals surface area contributed by atoms with E-state index in [0.29, 0.717) is 5.56 Å². The van der Waals surface area contributed by atoms with Gasteiger partial charge in [-0.25, -0.2) is 0 Å². The van der Waals surface area contributed by atoms with Crippen LogP contribution in [-0.2, 0) is 6.42 Å². The summed E-state index contributed by atoms with van der Waals surface area (Å²) < 4.78 is 0. The minimum atomic E-state index is -0.354. The van der Waals surface area contributed by atoms with Gasteiger partial charge in [0.1, 0.15) is 5.69 Å². The molecule has 1 heterocycles. The minimum Gasteiger partial charge on any atom is -0.322 e. The first-order chi connectivity index (χ1) is 13.1. The highest BCUT2D eigenvalue weighted by Gasteiger charge is 2.14. The molecule has 5 nitrogen and oxygen atoms in total. The van der Waals surface area contributed by atoms with E-state index in [1.807, 2.05) is 62.4 Å². The molecule has 0 aliphatic heterocycles. The SMILES string of the molecule is CCc1ccccc1NC(=O)c1ccnc(C(=O)Nc2ccccc2C)c1. The third-order valence-corrected chi connectivity index (χ3v) is 4.29. The van der Waals surface area contributed by atoms with Gasteiger partial charge in [0.15, 0.2) is 0 Å². The summed E-state index contributed by atoms with van der Waals surface area (Å²) in [6.07, 6.45) is 2.28. The van der Waals surface area contributed by atoms with Crippen LogP contribution in [0.25, 0.3) is 0 Å². The van der Waals surface area contributed by atoms with Crippen molar-refractivity contribution in [3.05, 3.63) is 89.2 Å². The lowest BCUT2D eigenvalue weighted by atomic mass is 10.1. The molecular weight excluding hydrogens is 338 g/mol. The number of carbonyl (C=O) groups excluding carboxylic acids is 2. The first kappa shape index (κ1) is 18.3. The quantitative estimate of drug-likeness (QED) is 0.707. The van der Waals surface area contributed by atoms with Gasteiger partial charge < -0.3 is 10.6 Å². The van der Waals surface area contributed by atoms with E-state index in [2.05, 4.69) is 15.6 Å². The molecule has 2 amide bonds. The largest absolute Gasteiger partial charge is 0.322 e. The summed E-state index contributed by atoms with van der Waals surface area (Å²) in [6, 6.07) is 18.2. The first-order valence-corrected chi connectivity index (χ1v) is 8.80. The number of carbonyl (C=O) groups is 2. The highest BCUT2D eigenvalue weighted by Crippen LogP contribution is 2.18. The van der Waals surface area contributed by atoms with Crippen molar-refractivity contribution in [1.82, 2.24) is 4.98 Å². The molecule has 0 aliphatic rings. The molecule has 1 aromatic heterocycles. The average molecular weight is 359 g/mol. The molecule has 0 bridgehead atoms. The van der Waals surface area contributed by atoms with E-state index in [9.17, 15) is 9.59 Å². The lowest BCUT2D eigenvalue weighted by Gasteiger charge is -2.11. The summed E-state index contributed by atoms with van der Waals surface area (Å²) in [5.74, 6) is -0.629. The lowest BCUT2D eigenvalue weighted by molar-refractivity contribution is 0.102.